The second-order valence-electron chi connectivity index (χ2n) is 2.92. The van der Waals surface area contributed by atoms with Crippen LogP contribution in [0.15, 0.2) is 18.2 Å². The Balaban J connectivity index is 2.27. The van der Waals surface area contributed by atoms with E-state index < -0.39 is 0 Å². The molecule has 0 amide bonds. The first-order valence-electron chi connectivity index (χ1n) is 4.30. The highest BCUT2D eigenvalue weighted by Crippen LogP contribution is 2.34. The third-order valence-electron chi connectivity index (χ3n) is 2.10. The van der Waals surface area contributed by atoms with Crippen LogP contribution in [0.3, 0.4) is 0 Å². The van der Waals surface area contributed by atoms with Crippen LogP contribution in [-0.2, 0) is 9.47 Å². The molecular weight excluding hydrogens is 184 g/mol. The monoisotopic (exact) mass is 196 g/mol. The average molecular weight is 196 g/mol. The fraction of sp³-hybridized carbons (Fsp3) is 0.400. The molecule has 0 saturated heterocycles. The van der Waals surface area contributed by atoms with E-state index in [4.69, 9.17) is 18.9 Å². The molecule has 0 bridgehead atoms. The van der Waals surface area contributed by atoms with Crippen molar-refractivity contribution >= 4 is 0 Å². The number of benzene rings is 1. The highest BCUT2D eigenvalue weighted by molar-refractivity contribution is 5.44. The molecule has 4 nitrogen and oxygen atoms in total. The van der Waals surface area contributed by atoms with E-state index in [9.17, 15) is 0 Å². The number of rotatable bonds is 3. The molecule has 76 valence electrons. The van der Waals surface area contributed by atoms with Gasteiger partial charge in [-0.25, -0.2) is 0 Å². The van der Waals surface area contributed by atoms with Gasteiger partial charge in [0.25, 0.3) is 0 Å². The largest absolute Gasteiger partial charge is 0.454 e. The Morgan fingerprint density at radius 1 is 1.14 bits per heavy atom. The molecule has 1 aliphatic rings. The molecule has 1 aromatic rings. The van der Waals surface area contributed by atoms with Gasteiger partial charge in [-0.1, -0.05) is 6.07 Å². The molecule has 1 aliphatic heterocycles. The lowest BCUT2D eigenvalue weighted by Crippen LogP contribution is -2.03. The maximum absolute atomic E-state index is 5.24. The van der Waals surface area contributed by atoms with Crippen molar-refractivity contribution in [3.05, 3.63) is 23.8 Å². The van der Waals surface area contributed by atoms with Crippen LogP contribution in [-0.4, -0.2) is 21.0 Å². The van der Waals surface area contributed by atoms with Gasteiger partial charge in [-0.2, -0.15) is 0 Å². The summed E-state index contributed by atoms with van der Waals surface area (Å²) < 4.78 is 20.7. The summed E-state index contributed by atoms with van der Waals surface area (Å²) in [5.41, 5.74) is 0.916. The van der Waals surface area contributed by atoms with Gasteiger partial charge in [-0.3, -0.25) is 0 Å². The highest BCUT2D eigenvalue weighted by atomic mass is 16.7. The van der Waals surface area contributed by atoms with E-state index >= 15 is 0 Å². The summed E-state index contributed by atoms with van der Waals surface area (Å²) in [5, 5.41) is 0. The molecule has 0 aromatic heterocycles. The lowest BCUT2D eigenvalue weighted by molar-refractivity contribution is -0.106. The van der Waals surface area contributed by atoms with Gasteiger partial charge >= 0.3 is 0 Å². The Morgan fingerprint density at radius 3 is 2.57 bits per heavy atom. The molecule has 0 radical (unpaired) electrons. The molecule has 2 rings (SSSR count). The minimum atomic E-state index is -0.357. The van der Waals surface area contributed by atoms with E-state index in [2.05, 4.69) is 0 Å². The zero-order chi connectivity index (χ0) is 9.97. The Kier molecular flexibility index (Phi) is 2.56. The maximum Gasteiger partial charge on any atom is 0.231 e. The minimum Gasteiger partial charge on any atom is -0.454 e. The molecule has 0 atom stereocenters. The average Bonchev–Trinajstić information content (AvgIpc) is 2.66. The van der Waals surface area contributed by atoms with Crippen LogP contribution in [0.1, 0.15) is 11.9 Å². The quantitative estimate of drug-likeness (QED) is 0.689. The first kappa shape index (κ1) is 9.30. The predicted molar refractivity (Wildman–Crippen MR) is 49.3 cm³/mol. The van der Waals surface area contributed by atoms with Crippen molar-refractivity contribution in [3.63, 3.8) is 0 Å². The minimum absolute atomic E-state index is 0.281. The first-order chi connectivity index (χ1) is 6.85. The maximum atomic E-state index is 5.24. The van der Waals surface area contributed by atoms with Crippen LogP contribution in [0.25, 0.3) is 0 Å². The van der Waals surface area contributed by atoms with Crippen LogP contribution >= 0.6 is 0 Å². The Bertz CT molecular complexity index is 320. The lowest BCUT2D eigenvalue weighted by Gasteiger charge is -2.13. The van der Waals surface area contributed by atoms with Crippen LogP contribution in [0.4, 0.5) is 0 Å². The number of ether oxygens (including phenoxy) is 4. The third-order valence-corrected chi connectivity index (χ3v) is 2.10. The standard InChI is InChI=1S/C10H12O4/c1-11-10(12-2)7-3-4-8-9(5-7)14-6-13-8/h3-5,10H,6H2,1-2H3. The lowest BCUT2D eigenvalue weighted by atomic mass is 10.2. The van der Waals surface area contributed by atoms with Gasteiger partial charge in [-0.15, -0.1) is 0 Å². The summed E-state index contributed by atoms with van der Waals surface area (Å²) in [6.07, 6.45) is -0.357. The van der Waals surface area contributed by atoms with E-state index in [0.29, 0.717) is 0 Å². The third kappa shape index (κ3) is 1.54. The normalized spacial score (nSPS) is 13.6. The van der Waals surface area contributed by atoms with Crippen molar-refractivity contribution in [2.45, 2.75) is 6.29 Å². The smallest absolute Gasteiger partial charge is 0.231 e. The summed E-state index contributed by atoms with van der Waals surface area (Å²) in [4.78, 5) is 0. The summed E-state index contributed by atoms with van der Waals surface area (Å²) >= 11 is 0. The van der Waals surface area contributed by atoms with Gasteiger partial charge in [0.1, 0.15) is 0 Å². The summed E-state index contributed by atoms with van der Waals surface area (Å²) in [5.74, 6) is 1.50. The fourth-order valence-electron chi connectivity index (χ4n) is 1.43. The van der Waals surface area contributed by atoms with Crippen molar-refractivity contribution in [1.82, 2.24) is 0 Å². The number of hydrogen-bond donors (Lipinski definition) is 0. The van der Waals surface area contributed by atoms with Gasteiger partial charge in [0.15, 0.2) is 17.8 Å². The SMILES string of the molecule is COC(OC)c1ccc2c(c1)OCO2. The summed E-state index contributed by atoms with van der Waals surface area (Å²) in [6.45, 7) is 0.281. The van der Waals surface area contributed by atoms with Crippen molar-refractivity contribution in [3.8, 4) is 11.5 Å². The van der Waals surface area contributed by atoms with E-state index in [0.717, 1.165) is 17.1 Å². The molecule has 0 fully saturated rings. The van der Waals surface area contributed by atoms with Crippen LogP contribution in [0.5, 0.6) is 11.5 Å². The van der Waals surface area contributed by atoms with Crippen molar-refractivity contribution in [1.29, 1.82) is 0 Å². The molecule has 0 N–H and O–H groups in total. The Hall–Kier alpha value is -1.26. The second-order valence-corrected chi connectivity index (χ2v) is 2.92. The van der Waals surface area contributed by atoms with Crippen molar-refractivity contribution in [2.75, 3.05) is 21.0 Å². The molecular formula is C10H12O4. The topological polar surface area (TPSA) is 36.9 Å². The van der Waals surface area contributed by atoms with Gasteiger partial charge in [-0.05, 0) is 12.1 Å². The van der Waals surface area contributed by atoms with Gasteiger partial charge in [0.2, 0.25) is 6.79 Å². The van der Waals surface area contributed by atoms with Crippen molar-refractivity contribution in [2.24, 2.45) is 0 Å². The van der Waals surface area contributed by atoms with Crippen LogP contribution in [0, 0.1) is 0 Å². The number of fused-ring (bicyclic) bond motifs is 1. The van der Waals surface area contributed by atoms with E-state index in [1.807, 2.05) is 18.2 Å². The van der Waals surface area contributed by atoms with Crippen LogP contribution in [0.2, 0.25) is 0 Å². The Morgan fingerprint density at radius 2 is 1.86 bits per heavy atom. The van der Waals surface area contributed by atoms with Crippen LogP contribution < -0.4 is 9.47 Å². The molecule has 0 saturated carbocycles. The van der Waals surface area contributed by atoms with Gasteiger partial charge in [0.05, 0.1) is 0 Å². The second kappa shape index (κ2) is 3.86. The number of hydrogen-bond acceptors (Lipinski definition) is 4. The van der Waals surface area contributed by atoms with Crippen molar-refractivity contribution < 1.29 is 18.9 Å². The van der Waals surface area contributed by atoms with Gasteiger partial charge in [0, 0.05) is 19.8 Å². The van der Waals surface area contributed by atoms with Gasteiger partial charge < -0.3 is 18.9 Å². The zero-order valence-corrected chi connectivity index (χ0v) is 8.15. The summed E-state index contributed by atoms with van der Waals surface area (Å²) in [6, 6.07) is 5.61. The molecule has 0 aliphatic carbocycles. The van der Waals surface area contributed by atoms with E-state index in [1.165, 1.54) is 0 Å². The molecule has 1 aromatic carbocycles. The predicted octanol–water partition coefficient (Wildman–Crippen LogP) is 1.71. The molecule has 1 heterocycles. The van der Waals surface area contributed by atoms with E-state index in [-0.39, 0.29) is 13.1 Å². The molecule has 4 heteroatoms. The summed E-state index contributed by atoms with van der Waals surface area (Å²) in [7, 11) is 3.19. The highest BCUT2D eigenvalue weighted by Gasteiger charge is 2.16. The van der Waals surface area contributed by atoms with E-state index in [1.54, 1.807) is 14.2 Å². The first-order valence-corrected chi connectivity index (χ1v) is 4.30. The molecule has 14 heavy (non-hydrogen) atoms. The Labute approximate surface area is 82.3 Å². The molecule has 0 spiro atoms. The fourth-order valence-corrected chi connectivity index (χ4v) is 1.43. The number of methoxy groups -OCH3 is 2. The molecule has 0 unspecified atom stereocenters. The zero-order valence-electron chi connectivity index (χ0n) is 8.15.